The van der Waals surface area contributed by atoms with Gasteiger partial charge in [-0.05, 0) is 31.4 Å². The molecule has 6 nitrogen and oxygen atoms in total. The third-order valence-corrected chi connectivity index (χ3v) is 3.32. The van der Waals surface area contributed by atoms with Crippen molar-refractivity contribution in [2.24, 2.45) is 4.99 Å². The van der Waals surface area contributed by atoms with Crippen LogP contribution in [0.25, 0.3) is 10.9 Å². The molecule has 1 aromatic carbocycles. The molecule has 0 aliphatic carbocycles. The van der Waals surface area contributed by atoms with Gasteiger partial charge in [-0.2, -0.15) is 5.26 Å². The van der Waals surface area contributed by atoms with Crippen LogP contribution < -0.4 is 10.9 Å². The van der Waals surface area contributed by atoms with Crippen molar-refractivity contribution in [3.63, 3.8) is 0 Å². The Labute approximate surface area is 120 Å². The summed E-state index contributed by atoms with van der Waals surface area (Å²) in [5, 5.41) is 12.1. The molecule has 0 spiro atoms. The first-order chi connectivity index (χ1) is 9.69. The second-order valence-corrected chi connectivity index (χ2v) is 4.69. The molecule has 0 aliphatic rings. The molecule has 1 N–H and O–H groups in total. The van der Waals surface area contributed by atoms with Gasteiger partial charge >= 0.3 is 0 Å². The maximum absolute atomic E-state index is 12.1. The Hall–Kier alpha value is -2.33. The molecule has 0 saturated heterocycles. The standard InChI is InChI=1S/C13H13N5OS/c1-3-18-8-16-11-6-9(4-5-10(11)12(18)19)17-13(20-2)15-7-14/h4-6,8H,3H2,1-2H3,(H,15,17). The molecular formula is C13H13N5OS. The van der Waals surface area contributed by atoms with Crippen LogP contribution in [0.5, 0.6) is 0 Å². The van der Waals surface area contributed by atoms with Crippen molar-refractivity contribution in [2.75, 3.05) is 6.26 Å². The predicted molar refractivity (Wildman–Crippen MR) is 81.0 cm³/mol. The van der Waals surface area contributed by atoms with E-state index in [0.29, 0.717) is 28.3 Å². The Morgan fingerprint density at radius 2 is 2.40 bits per heavy atom. The summed E-state index contributed by atoms with van der Waals surface area (Å²) in [5.74, 6) is 0. The maximum atomic E-state index is 12.1. The van der Waals surface area contributed by atoms with E-state index in [2.05, 4.69) is 15.3 Å². The van der Waals surface area contributed by atoms with Gasteiger partial charge < -0.3 is 0 Å². The first-order valence-electron chi connectivity index (χ1n) is 5.96. The van der Waals surface area contributed by atoms with Gasteiger partial charge in [-0.1, -0.05) is 11.8 Å². The minimum Gasteiger partial charge on any atom is -0.299 e. The molecule has 0 atom stereocenters. The highest BCUT2D eigenvalue weighted by Crippen LogP contribution is 2.18. The summed E-state index contributed by atoms with van der Waals surface area (Å²) < 4.78 is 1.55. The Kier molecular flexibility index (Phi) is 4.38. The molecule has 0 fully saturated rings. The number of rotatable bonds is 2. The summed E-state index contributed by atoms with van der Waals surface area (Å²) in [5.41, 5.74) is 1.18. The summed E-state index contributed by atoms with van der Waals surface area (Å²) in [6, 6.07) is 5.17. The van der Waals surface area contributed by atoms with Gasteiger partial charge in [0.05, 0.1) is 22.9 Å². The van der Waals surface area contributed by atoms with E-state index in [9.17, 15) is 4.79 Å². The fraction of sp³-hybridized carbons (Fsp3) is 0.231. The number of aryl methyl sites for hydroxylation is 1. The minimum atomic E-state index is -0.0618. The summed E-state index contributed by atoms with van der Waals surface area (Å²) >= 11 is 1.33. The largest absolute Gasteiger partial charge is 0.299 e. The zero-order valence-corrected chi connectivity index (χ0v) is 11.9. The van der Waals surface area contributed by atoms with Crippen molar-refractivity contribution < 1.29 is 0 Å². The number of amidine groups is 1. The van der Waals surface area contributed by atoms with Crippen LogP contribution in [0.1, 0.15) is 6.92 Å². The second kappa shape index (κ2) is 6.21. The molecule has 0 saturated carbocycles. The van der Waals surface area contributed by atoms with Crippen LogP contribution in [-0.4, -0.2) is 21.0 Å². The number of benzene rings is 1. The van der Waals surface area contributed by atoms with Gasteiger partial charge in [0.1, 0.15) is 0 Å². The third kappa shape index (κ3) is 2.81. The van der Waals surface area contributed by atoms with Gasteiger partial charge in [-0.25, -0.2) is 9.98 Å². The van der Waals surface area contributed by atoms with Crippen molar-refractivity contribution in [2.45, 2.75) is 13.5 Å². The number of hydrogen-bond acceptors (Lipinski definition) is 5. The van der Waals surface area contributed by atoms with Gasteiger partial charge in [0.25, 0.3) is 5.56 Å². The number of thioether (sulfide) groups is 1. The predicted octanol–water partition coefficient (Wildman–Crippen LogP) is 1.84. The number of nitrogens with zero attached hydrogens (tertiary/aromatic N) is 4. The van der Waals surface area contributed by atoms with Gasteiger partial charge in [0, 0.05) is 6.54 Å². The van der Waals surface area contributed by atoms with Crippen LogP contribution >= 0.6 is 11.8 Å². The third-order valence-electron chi connectivity index (χ3n) is 2.74. The van der Waals surface area contributed by atoms with Crippen LogP contribution in [0, 0.1) is 11.5 Å². The summed E-state index contributed by atoms with van der Waals surface area (Å²) in [4.78, 5) is 20.6. The van der Waals surface area contributed by atoms with E-state index >= 15 is 0 Å². The van der Waals surface area contributed by atoms with E-state index in [1.165, 1.54) is 18.1 Å². The Morgan fingerprint density at radius 3 is 3.05 bits per heavy atom. The summed E-state index contributed by atoms with van der Waals surface area (Å²) in [6.07, 6.45) is 5.18. The quantitative estimate of drug-likeness (QED) is 0.394. The van der Waals surface area contributed by atoms with Crippen LogP contribution in [-0.2, 0) is 6.54 Å². The van der Waals surface area contributed by atoms with Crippen LogP contribution in [0.3, 0.4) is 0 Å². The van der Waals surface area contributed by atoms with Crippen molar-refractivity contribution in [3.05, 3.63) is 34.9 Å². The number of aromatic nitrogens is 2. The minimum absolute atomic E-state index is 0.0618. The molecule has 2 aromatic rings. The van der Waals surface area contributed by atoms with E-state index in [4.69, 9.17) is 5.26 Å². The number of fused-ring (bicyclic) bond motifs is 1. The SMILES string of the molecule is CCn1cnc2cc(N=C(NC#N)SC)ccc2c1=O. The Balaban J connectivity index is 2.51. The smallest absolute Gasteiger partial charge is 0.261 e. The lowest BCUT2D eigenvalue weighted by atomic mass is 10.2. The van der Waals surface area contributed by atoms with Gasteiger partial charge in [-0.3, -0.25) is 14.7 Å². The van der Waals surface area contributed by atoms with Crippen molar-refractivity contribution in [3.8, 4) is 6.19 Å². The number of hydrogen-bond donors (Lipinski definition) is 1. The highest BCUT2D eigenvalue weighted by atomic mass is 32.2. The average molecular weight is 287 g/mol. The number of aliphatic imine (C=N–C) groups is 1. The zero-order chi connectivity index (χ0) is 14.5. The van der Waals surface area contributed by atoms with Crippen LogP contribution in [0.2, 0.25) is 0 Å². The van der Waals surface area contributed by atoms with E-state index in [0.717, 1.165) is 0 Å². The Bertz CT molecular complexity index is 759. The average Bonchev–Trinajstić information content (AvgIpc) is 2.47. The monoisotopic (exact) mass is 287 g/mol. The molecule has 0 unspecified atom stereocenters. The first kappa shape index (κ1) is 14.1. The molecule has 1 heterocycles. The van der Waals surface area contributed by atoms with Crippen LogP contribution in [0.4, 0.5) is 5.69 Å². The zero-order valence-electron chi connectivity index (χ0n) is 11.1. The molecular weight excluding hydrogens is 274 g/mol. The number of nitriles is 1. The lowest BCUT2D eigenvalue weighted by molar-refractivity contribution is 0.717. The molecule has 0 aliphatic heterocycles. The lowest BCUT2D eigenvalue weighted by Gasteiger charge is -2.04. The van der Waals surface area contributed by atoms with E-state index in [-0.39, 0.29) is 5.56 Å². The van der Waals surface area contributed by atoms with E-state index in [1.807, 2.05) is 19.4 Å². The van der Waals surface area contributed by atoms with Crippen molar-refractivity contribution in [1.82, 2.24) is 14.9 Å². The molecule has 2 rings (SSSR count). The van der Waals surface area contributed by atoms with E-state index in [1.54, 1.807) is 22.8 Å². The molecule has 7 heteroatoms. The van der Waals surface area contributed by atoms with Crippen molar-refractivity contribution in [1.29, 1.82) is 5.26 Å². The maximum Gasteiger partial charge on any atom is 0.261 e. The molecule has 102 valence electrons. The highest BCUT2D eigenvalue weighted by molar-refractivity contribution is 8.13. The van der Waals surface area contributed by atoms with Crippen molar-refractivity contribution >= 4 is 33.5 Å². The molecule has 0 radical (unpaired) electrons. The second-order valence-electron chi connectivity index (χ2n) is 3.90. The normalized spacial score (nSPS) is 11.3. The van der Waals surface area contributed by atoms with Gasteiger partial charge in [0.15, 0.2) is 11.4 Å². The summed E-state index contributed by atoms with van der Waals surface area (Å²) in [7, 11) is 0. The molecule has 1 aromatic heterocycles. The van der Waals surface area contributed by atoms with Gasteiger partial charge in [0.2, 0.25) is 0 Å². The Morgan fingerprint density at radius 1 is 1.60 bits per heavy atom. The number of nitrogens with one attached hydrogen (secondary N) is 1. The lowest BCUT2D eigenvalue weighted by Crippen LogP contribution is -2.19. The van der Waals surface area contributed by atoms with E-state index < -0.39 is 0 Å². The van der Waals surface area contributed by atoms with Crippen LogP contribution in [0.15, 0.2) is 34.3 Å². The fourth-order valence-electron chi connectivity index (χ4n) is 1.73. The van der Waals surface area contributed by atoms with Gasteiger partial charge in [-0.15, -0.1) is 0 Å². The molecule has 0 bridgehead atoms. The topological polar surface area (TPSA) is 83.1 Å². The fourth-order valence-corrected chi connectivity index (χ4v) is 2.08. The first-order valence-corrected chi connectivity index (χ1v) is 7.19. The highest BCUT2D eigenvalue weighted by Gasteiger charge is 2.04. The molecule has 0 amide bonds. The molecule has 20 heavy (non-hydrogen) atoms. The summed E-state index contributed by atoms with van der Waals surface area (Å²) in [6.45, 7) is 2.48.